The number of thiol groups is 3. The number of esters is 1. The van der Waals surface area contributed by atoms with Crippen molar-refractivity contribution in [1.82, 2.24) is 0 Å². The summed E-state index contributed by atoms with van der Waals surface area (Å²) in [7, 11) is 1.30. The van der Waals surface area contributed by atoms with Gasteiger partial charge in [0.1, 0.15) is 5.25 Å². The lowest BCUT2D eigenvalue weighted by Crippen LogP contribution is -2.22. The maximum atomic E-state index is 10.6. The van der Waals surface area contributed by atoms with E-state index < -0.39 is 11.2 Å². The summed E-state index contributed by atoms with van der Waals surface area (Å²) >= 11 is 11.6. The highest BCUT2D eigenvalue weighted by atomic mass is 32.2. The molecule has 0 saturated carbocycles. The van der Waals surface area contributed by atoms with E-state index in [1.807, 2.05) is 0 Å². The van der Waals surface area contributed by atoms with Gasteiger partial charge in [-0.15, -0.1) is 0 Å². The van der Waals surface area contributed by atoms with Crippen LogP contribution in [0, 0.1) is 0 Å². The predicted molar refractivity (Wildman–Crippen MR) is 46.6 cm³/mol. The Morgan fingerprint density at radius 3 is 2.00 bits per heavy atom. The molecule has 0 aliphatic carbocycles. The lowest BCUT2D eigenvalue weighted by atomic mass is 10.5. The van der Waals surface area contributed by atoms with Gasteiger partial charge in [-0.3, -0.25) is 4.79 Å². The monoisotopic (exact) mass is 184 g/mol. The first-order valence-corrected chi connectivity index (χ1v) is 3.76. The molecule has 54 valence electrons. The Hall–Kier alpha value is 0.520. The van der Waals surface area contributed by atoms with Gasteiger partial charge in [-0.05, 0) is 0 Å². The van der Waals surface area contributed by atoms with Gasteiger partial charge in [0, 0.05) is 0 Å². The first-order valence-electron chi connectivity index (χ1n) is 2.21. The van der Waals surface area contributed by atoms with Crippen molar-refractivity contribution >= 4 is 43.9 Å². The number of carbonyl (C=O) groups is 1. The second kappa shape index (κ2) is 4.35. The summed E-state index contributed by atoms with van der Waals surface area (Å²) in [6, 6.07) is 0. The van der Waals surface area contributed by atoms with Gasteiger partial charge < -0.3 is 4.74 Å². The Morgan fingerprint density at radius 2 is 1.89 bits per heavy atom. The molecule has 1 atom stereocenters. The number of hydrogen-bond donors (Lipinski definition) is 3. The SMILES string of the molecule is COC(=O)C(S)C(S)S. The molecule has 0 heterocycles. The van der Waals surface area contributed by atoms with E-state index in [1.54, 1.807) is 0 Å². The van der Waals surface area contributed by atoms with Crippen molar-refractivity contribution in [2.45, 2.75) is 9.83 Å². The minimum atomic E-state index is -0.554. The van der Waals surface area contributed by atoms with E-state index in [2.05, 4.69) is 42.6 Å². The van der Waals surface area contributed by atoms with Crippen LogP contribution in [-0.4, -0.2) is 22.9 Å². The number of hydrogen-bond acceptors (Lipinski definition) is 5. The molecule has 0 saturated heterocycles. The third-order valence-electron chi connectivity index (χ3n) is 0.725. The zero-order chi connectivity index (χ0) is 7.44. The van der Waals surface area contributed by atoms with Crippen LogP contribution in [0.15, 0.2) is 0 Å². The maximum Gasteiger partial charge on any atom is 0.320 e. The van der Waals surface area contributed by atoms with Crippen molar-refractivity contribution in [2.24, 2.45) is 0 Å². The van der Waals surface area contributed by atoms with Crippen LogP contribution >= 0.6 is 37.9 Å². The van der Waals surface area contributed by atoms with Crippen LogP contribution < -0.4 is 0 Å². The number of methoxy groups -OCH3 is 1. The molecular formula is C4H8O2S3. The van der Waals surface area contributed by atoms with Gasteiger partial charge in [-0.2, -0.15) is 37.9 Å². The molecule has 0 spiro atoms. The van der Waals surface area contributed by atoms with Crippen LogP contribution in [0.5, 0.6) is 0 Å². The average molecular weight is 184 g/mol. The van der Waals surface area contributed by atoms with Crippen molar-refractivity contribution in [1.29, 1.82) is 0 Å². The predicted octanol–water partition coefficient (Wildman–Crippen LogP) is 0.643. The molecule has 0 fully saturated rings. The Morgan fingerprint density at radius 1 is 1.44 bits per heavy atom. The summed E-state index contributed by atoms with van der Waals surface area (Å²) in [6.45, 7) is 0. The highest BCUT2D eigenvalue weighted by Crippen LogP contribution is 2.13. The fraction of sp³-hybridized carbons (Fsp3) is 0.750. The summed E-state index contributed by atoms with van der Waals surface area (Å²) in [5, 5.41) is -0.554. The molecule has 0 radical (unpaired) electrons. The minimum Gasteiger partial charge on any atom is -0.468 e. The smallest absolute Gasteiger partial charge is 0.320 e. The normalized spacial score (nSPS) is 13.4. The summed E-state index contributed by atoms with van der Waals surface area (Å²) in [6.07, 6.45) is 0. The van der Waals surface area contributed by atoms with E-state index in [0.717, 1.165) is 0 Å². The highest BCUT2D eigenvalue weighted by molar-refractivity contribution is 8.00. The van der Waals surface area contributed by atoms with Gasteiger partial charge in [0.05, 0.1) is 11.7 Å². The van der Waals surface area contributed by atoms with E-state index in [-0.39, 0.29) is 4.58 Å². The summed E-state index contributed by atoms with van der Waals surface area (Å²) < 4.78 is 3.99. The van der Waals surface area contributed by atoms with E-state index in [4.69, 9.17) is 0 Å². The van der Waals surface area contributed by atoms with E-state index in [1.165, 1.54) is 7.11 Å². The maximum absolute atomic E-state index is 10.6. The molecule has 0 aromatic carbocycles. The Balaban J connectivity index is 3.72. The van der Waals surface area contributed by atoms with Gasteiger partial charge in [0.25, 0.3) is 0 Å². The zero-order valence-electron chi connectivity index (χ0n) is 4.81. The minimum absolute atomic E-state index is 0.374. The Labute approximate surface area is 70.6 Å². The Bertz CT molecular complexity index is 104. The van der Waals surface area contributed by atoms with Gasteiger partial charge in [-0.25, -0.2) is 0 Å². The molecular weight excluding hydrogens is 176 g/mol. The standard InChI is InChI=1S/C4H8O2S3/c1-6-3(5)2(7)4(8)9/h2,4,7-9H,1H3. The topological polar surface area (TPSA) is 26.3 Å². The van der Waals surface area contributed by atoms with Crippen LogP contribution in [0.4, 0.5) is 0 Å². The fourth-order valence-corrected chi connectivity index (χ4v) is 0.591. The second-order valence-electron chi connectivity index (χ2n) is 1.38. The van der Waals surface area contributed by atoms with Crippen LogP contribution in [0.25, 0.3) is 0 Å². The van der Waals surface area contributed by atoms with E-state index in [9.17, 15) is 4.79 Å². The van der Waals surface area contributed by atoms with Crippen LogP contribution in [-0.2, 0) is 9.53 Å². The van der Waals surface area contributed by atoms with Gasteiger partial charge in [0.2, 0.25) is 0 Å². The molecule has 9 heavy (non-hydrogen) atoms. The Kier molecular flexibility index (Phi) is 4.61. The summed E-state index contributed by atoms with van der Waals surface area (Å²) in [4.78, 5) is 10.6. The van der Waals surface area contributed by atoms with Gasteiger partial charge in [-0.1, -0.05) is 0 Å². The van der Waals surface area contributed by atoms with E-state index in [0.29, 0.717) is 0 Å². The number of rotatable bonds is 2. The molecule has 2 nitrogen and oxygen atoms in total. The lowest BCUT2D eigenvalue weighted by Gasteiger charge is -2.09. The lowest BCUT2D eigenvalue weighted by molar-refractivity contribution is -0.139. The fourth-order valence-electron chi connectivity index (χ4n) is 0.242. The molecule has 0 rings (SSSR count). The summed E-state index contributed by atoms with van der Waals surface area (Å²) in [5.74, 6) is -0.409. The number of carbonyl (C=O) groups excluding carboxylic acids is 1. The average Bonchev–Trinajstić information content (AvgIpc) is 1.84. The van der Waals surface area contributed by atoms with Crippen molar-refractivity contribution in [3.63, 3.8) is 0 Å². The molecule has 0 aliphatic rings. The van der Waals surface area contributed by atoms with Crippen molar-refractivity contribution < 1.29 is 9.53 Å². The van der Waals surface area contributed by atoms with Gasteiger partial charge >= 0.3 is 5.97 Å². The van der Waals surface area contributed by atoms with Crippen molar-refractivity contribution in [2.75, 3.05) is 7.11 Å². The van der Waals surface area contributed by atoms with Crippen LogP contribution in [0.3, 0.4) is 0 Å². The molecule has 0 amide bonds. The largest absolute Gasteiger partial charge is 0.468 e. The molecule has 0 bridgehead atoms. The van der Waals surface area contributed by atoms with E-state index >= 15 is 0 Å². The first-order chi connectivity index (χ1) is 4.09. The first kappa shape index (κ1) is 9.52. The number of ether oxygens (including phenoxy) is 1. The van der Waals surface area contributed by atoms with Crippen molar-refractivity contribution in [3.05, 3.63) is 0 Å². The molecule has 0 aliphatic heterocycles. The molecule has 0 aromatic rings. The second-order valence-corrected chi connectivity index (χ2v) is 3.46. The molecule has 0 N–H and O–H groups in total. The van der Waals surface area contributed by atoms with Gasteiger partial charge in [0.15, 0.2) is 0 Å². The third-order valence-corrected chi connectivity index (χ3v) is 2.30. The summed E-state index contributed by atoms with van der Waals surface area (Å²) in [5.41, 5.74) is 0. The zero-order valence-corrected chi connectivity index (χ0v) is 7.50. The van der Waals surface area contributed by atoms with Crippen LogP contribution in [0.1, 0.15) is 0 Å². The third kappa shape index (κ3) is 3.27. The molecule has 1 unspecified atom stereocenters. The highest BCUT2D eigenvalue weighted by Gasteiger charge is 2.18. The van der Waals surface area contributed by atoms with Crippen LogP contribution in [0.2, 0.25) is 0 Å². The van der Waals surface area contributed by atoms with Crippen molar-refractivity contribution in [3.8, 4) is 0 Å². The quantitative estimate of drug-likeness (QED) is 0.334. The molecule has 5 heteroatoms. The molecule has 0 aromatic heterocycles.